The van der Waals surface area contributed by atoms with Gasteiger partial charge in [-0.3, -0.25) is 0 Å². The summed E-state index contributed by atoms with van der Waals surface area (Å²) < 4.78 is 0. The number of rotatable bonds is 2. The Morgan fingerprint density at radius 1 is 0.700 bits per heavy atom. The van der Waals surface area contributed by atoms with Gasteiger partial charge in [0.2, 0.25) is 0 Å². The Morgan fingerprint density at radius 3 is 2.00 bits per heavy atom. The molecule has 114 valence electrons. The van der Waals surface area contributed by atoms with E-state index in [0.717, 1.165) is 29.8 Å². The Morgan fingerprint density at radius 2 is 1.40 bits per heavy atom. The van der Waals surface area contributed by atoms with Crippen molar-refractivity contribution in [1.29, 1.82) is 0 Å². The quantitative estimate of drug-likeness (QED) is 0.729. The minimum atomic E-state index is 0.999. The van der Waals surface area contributed by atoms with Gasteiger partial charge in [-0.1, -0.05) is 6.92 Å². The maximum absolute atomic E-state index is 2.44. The zero-order valence-corrected chi connectivity index (χ0v) is 13.4. The molecule has 2 N–H and O–H groups in total. The van der Waals surface area contributed by atoms with Crippen LogP contribution in [0.15, 0.2) is 0 Å². The molecule has 0 aromatic rings. The van der Waals surface area contributed by atoms with Crippen molar-refractivity contribution in [2.24, 2.45) is 17.8 Å². The van der Waals surface area contributed by atoms with Crippen LogP contribution < -0.4 is 9.80 Å². The molecule has 0 radical (unpaired) electrons. The standard InChI is InChI=1S/C18H32N2/c1-14-4-8-19(9-5-14)17-6-10-20(11-7-17)18-13-15-2-3-16(18)12-15/h14-18H,2-13H2,1H3/p+2/t15-,16-,18-/m0/s1. The van der Waals surface area contributed by atoms with Crippen molar-refractivity contribution in [2.45, 2.75) is 70.4 Å². The van der Waals surface area contributed by atoms with Crippen LogP contribution in [0.1, 0.15) is 58.3 Å². The maximum atomic E-state index is 2.44. The Kier molecular flexibility index (Phi) is 3.80. The number of quaternary nitrogens is 2. The third kappa shape index (κ3) is 2.54. The summed E-state index contributed by atoms with van der Waals surface area (Å²) in [6, 6.07) is 2.09. The first-order valence-corrected chi connectivity index (χ1v) is 9.48. The monoisotopic (exact) mass is 278 g/mol. The summed E-state index contributed by atoms with van der Waals surface area (Å²) >= 11 is 0. The summed E-state index contributed by atoms with van der Waals surface area (Å²) in [5, 5.41) is 0. The first-order chi connectivity index (χ1) is 9.79. The van der Waals surface area contributed by atoms with Crippen LogP contribution in [0.25, 0.3) is 0 Å². The fourth-order valence-corrected chi connectivity index (χ4v) is 6.05. The largest absolute Gasteiger partial charge is 0.332 e. The Hall–Kier alpha value is -0.0800. The van der Waals surface area contributed by atoms with Crippen LogP contribution in [0.5, 0.6) is 0 Å². The fourth-order valence-electron chi connectivity index (χ4n) is 6.05. The van der Waals surface area contributed by atoms with Crippen molar-refractivity contribution in [3.05, 3.63) is 0 Å². The van der Waals surface area contributed by atoms with Gasteiger partial charge in [0.15, 0.2) is 0 Å². The van der Waals surface area contributed by atoms with E-state index in [1.165, 1.54) is 51.9 Å². The molecule has 2 saturated carbocycles. The van der Waals surface area contributed by atoms with Crippen LogP contribution in [0.3, 0.4) is 0 Å². The van der Waals surface area contributed by atoms with Gasteiger partial charge in [0.1, 0.15) is 0 Å². The first kappa shape index (κ1) is 13.6. The molecule has 2 bridgehead atoms. The lowest BCUT2D eigenvalue weighted by Crippen LogP contribution is -3.22. The summed E-state index contributed by atoms with van der Waals surface area (Å²) in [6.07, 6.45) is 12.3. The van der Waals surface area contributed by atoms with Crippen molar-refractivity contribution in [3.63, 3.8) is 0 Å². The number of hydrogen-bond donors (Lipinski definition) is 2. The zero-order chi connectivity index (χ0) is 13.5. The minimum Gasteiger partial charge on any atom is -0.332 e. The number of piperidine rings is 2. The van der Waals surface area contributed by atoms with Gasteiger partial charge in [0.05, 0.1) is 38.3 Å². The molecule has 2 heterocycles. The maximum Gasteiger partial charge on any atom is 0.0983 e. The molecule has 2 heteroatoms. The van der Waals surface area contributed by atoms with Crippen LogP contribution in [0.4, 0.5) is 0 Å². The third-order valence-corrected chi connectivity index (χ3v) is 7.38. The molecule has 2 aliphatic heterocycles. The van der Waals surface area contributed by atoms with Crippen molar-refractivity contribution >= 4 is 0 Å². The van der Waals surface area contributed by atoms with E-state index in [1.54, 1.807) is 25.7 Å². The van der Waals surface area contributed by atoms with Gasteiger partial charge in [-0.2, -0.15) is 0 Å². The Balaban J connectivity index is 1.28. The predicted octanol–water partition coefficient (Wildman–Crippen LogP) is 0.537. The highest BCUT2D eigenvalue weighted by Crippen LogP contribution is 2.43. The number of hydrogen-bond acceptors (Lipinski definition) is 0. The van der Waals surface area contributed by atoms with Crippen LogP contribution in [0.2, 0.25) is 0 Å². The lowest BCUT2D eigenvalue weighted by molar-refractivity contribution is -0.972. The van der Waals surface area contributed by atoms with Crippen molar-refractivity contribution in [3.8, 4) is 0 Å². The molecule has 2 nitrogen and oxygen atoms in total. The summed E-state index contributed by atoms with van der Waals surface area (Å²) in [7, 11) is 0. The fraction of sp³-hybridized carbons (Fsp3) is 1.00. The first-order valence-electron chi connectivity index (χ1n) is 9.48. The second-order valence-corrected chi connectivity index (χ2v) is 8.55. The molecule has 2 aliphatic carbocycles. The summed E-state index contributed by atoms with van der Waals surface area (Å²) in [5.41, 5.74) is 0. The molecule has 0 unspecified atom stereocenters. The second-order valence-electron chi connectivity index (χ2n) is 8.55. The van der Waals surface area contributed by atoms with E-state index in [2.05, 4.69) is 6.92 Å². The van der Waals surface area contributed by atoms with E-state index in [0.29, 0.717) is 0 Å². The molecule has 20 heavy (non-hydrogen) atoms. The van der Waals surface area contributed by atoms with E-state index < -0.39 is 0 Å². The topological polar surface area (TPSA) is 8.88 Å². The highest BCUT2D eigenvalue weighted by Gasteiger charge is 2.46. The van der Waals surface area contributed by atoms with Crippen molar-refractivity contribution in [1.82, 2.24) is 0 Å². The number of nitrogens with one attached hydrogen (secondary N) is 2. The van der Waals surface area contributed by atoms with Crippen LogP contribution in [-0.2, 0) is 0 Å². The van der Waals surface area contributed by atoms with E-state index in [4.69, 9.17) is 0 Å². The van der Waals surface area contributed by atoms with Gasteiger partial charge in [0, 0.05) is 25.2 Å². The molecule has 0 aromatic heterocycles. The average molecular weight is 278 g/mol. The van der Waals surface area contributed by atoms with Gasteiger partial charge in [-0.05, 0) is 43.9 Å². The van der Waals surface area contributed by atoms with E-state index >= 15 is 0 Å². The van der Waals surface area contributed by atoms with Gasteiger partial charge in [-0.15, -0.1) is 0 Å². The molecule has 4 aliphatic rings. The summed E-state index contributed by atoms with van der Waals surface area (Å²) in [5.74, 6) is 3.25. The van der Waals surface area contributed by atoms with Crippen molar-refractivity contribution < 1.29 is 9.80 Å². The molecule has 0 aromatic carbocycles. The number of likely N-dealkylation sites (tertiary alicyclic amines) is 2. The van der Waals surface area contributed by atoms with E-state index in [9.17, 15) is 0 Å². The molecule has 4 fully saturated rings. The van der Waals surface area contributed by atoms with E-state index in [1.807, 2.05) is 9.80 Å². The average Bonchev–Trinajstić information content (AvgIpc) is 3.11. The lowest BCUT2D eigenvalue weighted by atomic mass is 9.90. The highest BCUT2D eigenvalue weighted by atomic mass is 15.2. The smallest absolute Gasteiger partial charge is 0.0983 e. The molecule has 0 spiro atoms. The second kappa shape index (κ2) is 5.61. The Bertz CT molecular complexity index is 326. The normalized spacial score (nSPS) is 52.4. The van der Waals surface area contributed by atoms with Crippen LogP contribution >= 0.6 is 0 Å². The minimum absolute atomic E-state index is 0.999. The molecule has 4 rings (SSSR count). The van der Waals surface area contributed by atoms with Crippen LogP contribution in [-0.4, -0.2) is 38.3 Å². The van der Waals surface area contributed by atoms with Gasteiger partial charge in [-0.25, -0.2) is 0 Å². The lowest BCUT2D eigenvalue weighted by Gasteiger charge is -2.40. The van der Waals surface area contributed by atoms with Gasteiger partial charge < -0.3 is 9.80 Å². The molecule has 0 amide bonds. The van der Waals surface area contributed by atoms with Gasteiger partial charge >= 0.3 is 0 Å². The molecular formula is C18H34N2+2. The summed E-state index contributed by atoms with van der Waals surface area (Å²) in [4.78, 5) is 3.98. The van der Waals surface area contributed by atoms with Gasteiger partial charge in [0.25, 0.3) is 0 Å². The SMILES string of the molecule is CC1CC[NH+](C2CC[NH+]([C@H]3C[C@H]4CC[C@H]3C4)CC2)CC1. The van der Waals surface area contributed by atoms with Crippen LogP contribution in [0, 0.1) is 17.8 Å². The number of fused-ring (bicyclic) bond motifs is 2. The molecule has 2 saturated heterocycles. The molecular weight excluding hydrogens is 244 g/mol. The highest BCUT2D eigenvalue weighted by molar-refractivity contribution is 4.90. The Labute approximate surface area is 124 Å². The third-order valence-electron chi connectivity index (χ3n) is 7.38. The zero-order valence-electron chi connectivity index (χ0n) is 13.4. The van der Waals surface area contributed by atoms with E-state index in [-0.39, 0.29) is 0 Å². The summed E-state index contributed by atoms with van der Waals surface area (Å²) in [6.45, 7) is 8.37. The molecule has 3 atom stereocenters. The van der Waals surface area contributed by atoms with Crippen molar-refractivity contribution in [2.75, 3.05) is 26.2 Å². The predicted molar refractivity (Wildman–Crippen MR) is 82.0 cm³/mol.